The van der Waals surface area contributed by atoms with E-state index in [2.05, 4.69) is 37.5 Å². The van der Waals surface area contributed by atoms with Gasteiger partial charge in [0.15, 0.2) is 0 Å². The molecular weight excluding hydrogens is 280 g/mol. The van der Waals surface area contributed by atoms with Gasteiger partial charge in [-0.1, -0.05) is 0 Å². The Morgan fingerprint density at radius 2 is 2.21 bits per heavy atom. The van der Waals surface area contributed by atoms with Gasteiger partial charge in [0.2, 0.25) is 5.91 Å². The molecule has 1 saturated heterocycles. The highest BCUT2D eigenvalue weighted by Gasteiger charge is 2.36. The van der Waals surface area contributed by atoms with Crippen molar-refractivity contribution in [2.75, 3.05) is 13.1 Å². The number of halogens is 1. The van der Waals surface area contributed by atoms with Crippen molar-refractivity contribution in [3.63, 3.8) is 0 Å². The Morgan fingerprint density at radius 3 is 2.68 bits per heavy atom. The average Bonchev–Trinajstić information content (AvgIpc) is 2.86. The second-order valence-corrected chi connectivity index (χ2v) is 7.01. The number of nitrogens with one attached hydrogen (secondary N) is 2. The molecule has 0 saturated carbocycles. The fourth-order valence-corrected chi connectivity index (χ4v) is 3.56. The highest BCUT2D eigenvalue weighted by atomic mass is 35.5. The van der Waals surface area contributed by atoms with Gasteiger partial charge in [0.1, 0.15) is 0 Å². The molecule has 108 valence electrons. The highest BCUT2D eigenvalue weighted by molar-refractivity contribution is 7.12. The molecule has 1 aliphatic heterocycles. The largest absolute Gasteiger partial charge is 0.349 e. The van der Waals surface area contributed by atoms with Crippen molar-refractivity contribution in [1.29, 1.82) is 0 Å². The molecule has 1 fully saturated rings. The number of amides is 1. The molecule has 3 nitrogen and oxygen atoms in total. The van der Waals surface area contributed by atoms with Crippen LogP contribution in [0.3, 0.4) is 0 Å². The van der Waals surface area contributed by atoms with Crippen LogP contribution in [0.5, 0.6) is 0 Å². The molecular formula is C14H23ClN2OS. The maximum atomic E-state index is 12.3. The molecule has 1 aromatic rings. The first kappa shape index (κ1) is 16.5. The van der Waals surface area contributed by atoms with Gasteiger partial charge in [-0.2, -0.15) is 0 Å². The predicted octanol–water partition coefficient (Wildman–Crippen LogP) is 2.96. The summed E-state index contributed by atoms with van der Waals surface area (Å²) in [4.78, 5) is 14.9. The SMILES string of the molecule is Cc1cc(C(C)NC(=O)C2(C)CCNC2)c(C)s1.Cl. The fourth-order valence-electron chi connectivity index (χ4n) is 2.54. The Balaban J connectivity index is 0.00000180. The van der Waals surface area contributed by atoms with E-state index in [1.54, 1.807) is 11.3 Å². The predicted molar refractivity (Wildman–Crippen MR) is 83.2 cm³/mol. The summed E-state index contributed by atoms with van der Waals surface area (Å²) in [5.41, 5.74) is 1.01. The maximum absolute atomic E-state index is 12.3. The second kappa shape index (κ2) is 6.25. The summed E-state index contributed by atoms with van der Waals surface area (Å²) in [5.74, 6) is 0.170. The number of thiophene rings is 1. The number of hydrogen-bond acceptors (Lipinski definition) is 3. The Morgan fingerprint density at radius 1 is 1.53 bits per heavy atom. The van der Waals surface area contributed by atoms with Crippen molar-refractivity contribution in [3.05, 3.63) is 21.4 Å². The van der Waals surface area contributed by atoms with Crippen LogP contribution in [0.2, 0.25) is 0 Å². The molecule has 1 amide bonds. The molecule has 0 bridgehead atoms. The van der Waals surface area contributed by atoms with Crippen LogP contribution in [0.4, 0.5) is 0 Å². The van der Waals surface area contributed by atoms with Gasteiger partial charge >= 0.3 is 0 Å². The monoisotopic (exact) mass is 302 g/mol. The van der Waals surface area contributed by atoms with E-state index in [4.69, 9.17) is 0 Å². The van der Waals surface area contributed by atoms with Crippen LogP contribution in [0.1, 0.15) is 41.6 Å². The first-order chi connectivity index (χ1) is 8.42. The highest BCUT2D eigenvalue weighted by Crippen LogP contribution is 2.29. The van der Waals surface area contributed by atoms with Crippen molar-refractivity contribution >= 4 is 29.7 Å². The van der Waals surface area contributed by atoms with Gasteiger partial charge in [-0.05, 0) is 52.3 Å². The number of aryl methyl sites for hydroxylation is 2. The molecule has 0 spiro atoms. The average molecular weight is 303 g/mol. The van der Waals surface area contributed by atoms with E-state index >= 15 is 0 Å². The van der Waals surface area contributed by atoms with Crippen LogP contribution in [0.15, 0.2) is 6.07 Å². The summed E-state index contributed by atoms with van der Waals surface area (Å²) >= 11 is 1.79. The molecule has 0 radical (unpaired) electrons. The summed E-state index contributed by atoms with van der Waals surface area (Å²) in [6.07, 6.45) is 0.924. The molecule has 2 atom stereocenters. The molecule has 2 unspecified atom stereocenters. The maximum Gasteiger partial charge on any atom is 0.227 e. The minimum atomic E-state index is -0.243. The van der Waals surface area contributed by atoms with Gasteiger partial charge in [-0.3, -0.25) is 4.79 Å². The van der Waals surface area contributed by atoms with E-state index in [9.17, 15) is 4.79 Å². The Hall–Kier alpha value is -0.580. The van der Waals surface area contributed by atoms with Crippen LogP contribution in [-0.4, -0.2) is 19.0 Å². The molecule has 19 heavy (non-hydrogen) atoms. The van der Waals surface area contributed by atoms with Crippen molar-refractivity contribution < 1.29 is 4.79 Å². The molecule has 2 N–H and O–H groups in total. The normalized spacial score (nSPS) is 23.8. The molecule has 1 aliphatic rings. The number of carbonyl (C=O) groups excluding carboxylic acids is 1. The zero-order valence-corrected chi connectivity index (χ0v) is 13.6. The van der Waals surface area contributed by atoms with E-state index in [-0.39, 0.29) is 29.8 Å². The van der Waals surface area contributed by atoms with Crippen molar-refractivity contribution in [2.24, 2.45) is 5.41 Å². The minimum absolute atomic E-state index is 0. The van der Waals surface area contributed by atoms with Gasteiger partial charge in [0.05, 0.1) is 11.5 Å². The minimum Gasteiger partial charge on any atom is -0.349 e. The first-order valence-electron chi connectivity index (χ1n) is 6.51. The lowest BCUT2D eigenvalue weighted by Gasteiger charge is -2.24. The number of hydrogen-bond donors (Lipinski definition) is 2. The van der Waals surface area contributed by atoms with Crippen LogP contribution < -0.4 is 10.6 Å². The summed E-state index contributed by atoms with van der Waals surface area (Å²) < 4.78 is 0. The van der Waals surface area contributed by atoms with Gasteiger partial charge in [-0.25, -0.2) is 0 Å². The quantitative estimate of drug-likeness (QED) is 0.901. The van der Waals surface area contributed by atoms with Crippen molar-refractivity contribution in [1.82, 2.24) is 10.6 Å². The Labute approximate surface area is 125 Å². The molecule has 0 aromatic carbocycles. The first-order valence-corrected chi connectivity index (χ1v) is 7.33. The van der Waals surface area contributed by atoms with Crippen molar-refractivity contribution in [3.8, 4) is 0 Å². The smallest absolute Gasteiger partial charge is 0.227 e. The molecule has 2 heterocycles. The third-order valence-electron chi connectivity index (χ3n) is 3.81. The zero-order valence-electron chi connectivity index (χ0n) is 12.0. The molecule has 5 heteroatoms. The van der Waals surface area contributed by atoms with Gasteiger partial charge in [0.25, 0.3) is 0 Å². The standard InChI is InChI=1S/C14H22N2OS.ClH/c1-9-7-12(11(3)18-9)10(2)16-13(17)14(4)5-6-15-8-14;/h7,10,15H,5-6,8H2,1-4H3,(H,16,17);1H. The topological polar surface area (TPSA) is 41.1 Å². The van der Waals surface area contributed by atoms with Crippen LogP contribution in [0, 0.1) is 19.3 Å². The summed E-state index contributed by atoms with van der Waals surface area (Å²) in [7, 11) is 0. The lowest BCUT2D eigenvalue weighted by atomic mass is 9.88. The van der Waals surface area contributed by atoms with E-state index in [1.165, 1.54) is 15.3 Å². The lowest BCUT2D eigenvalue weighted by molar-refractivity contribution is -0.129. The summed E-state index contributed by atoms with van der Waals surface area (Å²) in [6, 6.07) is 2.28. The Kier molecular flexibility index (Phi) is 5.42. The summed E-state index contributed by atoms with van der Waals surface area (Å²) in [5, 5.41) is 6.42. The van der Waals surface area contributed by atoms with Gasteiger partial charge < -0.3 is 10.6 Å². The van der Waals surface area contributed by atoms with E-state index in [0.29, 0.717) is 0 Å². The van der Waals surface area contributed by atoms with E-state index in [0.717, 1.165) is 19.5 Å². The number of carbonyl (C=O) groups is 1. The molecule has 1 aromatic heterocycles. The van der Waals surface area contributed by atoms with Crippen LogP contribution in [0.25, 0.3) is 0 Å². The number of rotatable bonds is 3. The molecule has 2 rings (SSSR count). The van der Waals surface area contributed by atoms with Gasteiger partial charge in [-0.15, -0.1) is 23.7 Å². The van der Waals surface area contributed by atoms with Crippen LogP contribution in [-0.2, 0) is 4.79 Å². The lowest BCUT2D eigenvalue weighted by Crippen LogP contribution is -2.41. The third-order valence-corrected chi connectivity index (χ3v) is 4.79. The van der Waals surface area contributed by atoms with E-state index < -0.39 is 0 Å². The second-order valence-electron chi connectivity index (χ2n) is 5.55. The molecule has 0 aliphatic carbocycles. The van der Waals surface area contributed by atoms with E-state index in [1.807, 2.05) is 6.92 Å². The van der Waals surface area contributed by atoms with Crippen LogP contribution >= 0.6 is 23.7 Å². The third kappa shape index (κ3) is 3.50. The summed E-state index contributed by atoms with van der Waals surface area (Å²) in [6.45, 7) is 10.1. The zero-order chi connectivity index (χ0) is 13.3. The van der Waals surface area contributed by atoms with Gasteiger partial charge in [0, 0.05) is 16.3 Å². The van der Waals surface area contributed by atoms with Crippen molar-refractivity contribution in [2.45, 2.75) is 40.2 Å². The Bertz CT molecular complexity index is 452. The fraction of sp³-hybridized carbons (Fsp3) is 0.643.